The van der Waals surface area contributed by atoms with E-state index in [-0.39, 0.29) is 11.4 Å². The third kappa shape index (κ3) is 5.69. The van der Waals surface area contributed by atoms with Crippen molar-refractivity contribution in [3.05, 3.63) is 24.3 Å². The number of carboxylic acids is 1. The Morgan fingerprint density at radius 3 is 2.44 bits per heavy atom. The molecule has 0 amide bonds. The average molecular weight is 370 g/mol. The van der Waals surface area contributed by atoms with Gasteiger partial charge in [0.2, 0.25) is 10.0 Å². The molecule has 0 aromatic heterocycles. The van der Waals surface area contributed by atoms with E-state index < -0.39 is 22.0 Å². The molecule has 1 saturated heterocycles. The fourth-order valence-electron chi connectivity index (χ4n) is 2.81. The lowest BCUT2D eigenvalue weighted by molar-refractivity contribution is -0.143. The van der Waals surface area contributed by atoms with Gasteiger partial charge < -0.3 is 9.84 Å². The van der Waals surface area contributed by atoms with Gasteiger partial charge >= 0.3 is 5.97 Å². The number of benzene rings is 1. The van der Waals surface area contributed by atoms with Gasteiger partial charge in [-0.1, -0.05) is 13.3 Å². The van der Waals surface area contributed by atoms with Crippen molar-refractivity contribution in [1.29, 1.82) is 0 Å². The number of hydrogen-bond donors (Lipinski definition) is 2. The van der Waals surface area contributed by atoms with Gasteiger partial charge in [0.05, 0.1) is 11.5 Å². The van der Waals surface area contributed by atoms with Crippen molar-refractivity contribution in [2.45, 2.75) is 43.5 Å². The van der Waals surface area contributed by atoms with Crippen molar-refractivity contribution in [3.8, 4) is 5.75 Å². The molecular weight excluding hydrogens is 344 g/mol. The van der Waals surface area contributed by atoms with Gasteiger partial charge in [0.15, 0.2) is 0 Å². The van der Waals surface area contributed by atoms with E-state index in [1.54, 1.807) is 12.1 Å². The molecule has 25 heavy (non-hydrogen) atoms. The third-order valence-corrected chi connectivity index (χ3v) is 5.63. The lowest BCUT2D eigenvalue weighted by Gasteiger charge is -2.31. The van der Waals surface area contributed by atoms with Crippen LogP contribution in [0.4, 0.5) is 0 Å². The fourth-order valence-corrected chi connectivity index (χ4v) is 3.85. The van der Waals surface area contributed by atoms with E-state index in [1.807, 2.05) is 11.8 Å². The maximum absolute atomic E-state index is 12.4. The molecular formula is C17H26N2O5S. The summed E-state index contributed by atoms with van der Waals surface area (Å²) in [6.07, 6.45) is 3.83. The minimum atomic E-state index is -3.76. The number of rotatable bonds is 9. The van der Waals surface area contributed by atoms with Gasteiger partial charge in [-0.05, 0) is 56.6 Å². The molecule has 2 N–H and O–H groups in total. The Kier molecular flexibility index (Phi) is 7.22. The van der Waals surface area contributed by atoms with Crippen LogP contribution < -0.4 is 9.46 Å². The largest absolute Gasteiger partial charge is 0.494 e. The van der Waals surface area contributed by atoms with Gasteiger partial charge in [-0.3, -0.25) is 9.69 Å². The second-order valence-electron chi connectivity index (χ2n) is 6.12. The maximum atomic E-state index is 12.4. The molecule has 0 unspecified atom stereocenters. The second-order valence-corrected chi connectivity index (χ2v) is 7.89. The normalized spacial score (nSPS) is 17.2. The number of carboxylic acid groups (broad SMARTS) is 1. The number of ether oxygens (including phenoxy) is 1. The number of nitrogens with one attached hydrogen (secondary N) is 1. The minimum absolute atomic E-state index is 0.0964. The molecule has 1 aliphatic heterocycles. The summed E-state index contributed by atoms with van der Waals surface area (Å²) in [5.41, 5.74) is 0. The zero-order valence-corrected chi connectivity index (χ0v) is 15.3. The van der Waals surface area contributed by atoms with Crippen molar-refractivity contribution < 1.29 is 23.1 Å². The number of nitrogens with zero attached hydrogens (tertiary/aromatic N) is 1. The molecule has 0 saturated carbocycles. The summed E-state index contributed by atoms with van der Waals surface area (Å²) in [5.74, 6) is -0.398. The Hall–Kier alpha value is -1.64. The van der Waals surface area contributed by atoms with Crippen molar-refractivity contribution in [2.24, 2.45) is 0 Å². The molecule has 1 aliphatic rings. The van der Waals surface area contributed by atoms with Gasteiger partial charge in [0.1, 0.15) is 11.8 Å². The van der Waals surface area contributed by atoms with Gasteiger partial charge in [0, 0.05) is 6.54 Å². The Bertz CT molecular complexity index is 654. The lowest BCUT2D eigenvalue weighted by atomic mass is 10.1. The third-order valence-electron chi connectivity index (χ3n) is 4.19. The van der Waals surface area contributed by atoms with Crippen LogP contribution in [-0.4, -0.2) is 56.7 Å². The Morgan fingerprint density at radius 1 is 1.24 bits per heavy atom. The summed E-state index contributed by atoms with van der Waals surface area (Å²) in [6, 6.07) is 5.28. The number of hydrogen-bond acceptors (Lipinski definition) is 5. The molecule has 7 nitrogen and oxygen atoms in total. The molecule has 0 aliphatic carbocycles. The summed E-state index contributed by atoms with van der Waals surface area (Å²) in [6.45, 7) is 3.78. The smallest absolute Gasteiger partial charge is 0.322 e. The Morgan fingerprint density at radius 2 is 1.88 bits per heavy atom. The van der Waals surface area contributed by atoms with Gasteiger partial charge in [-0.2, -0.15) is 0 Å². The molecule has 8 heteroatoms. The highest BCUT2D eigenvalue weighted by atomic mass is 32.2. The molecule has 1 aromatic rings. The molecule has 0 bridgehead atoms. The highest BCUT2D eigenvalue weighted by Gasteiger charge is 2.28. The van der Waals surface area contributed by atoms with Crippen molar-refractivity contribution in [1.82, 2.24) is 9.62 Å². The Balaban J connectivity index is 2.00. The average Bonchev–Trinajstić information content (AvgIpc) is 2.61. The summed E-state index contributed by atoms with van der Waals surface area (Å²) in [5, 5.41) is 9.42. The number of carbonyl (C=O) groups is 1. The SMILES string of the molecule is CCCOc1ccc(S(=O)(=O)NC[C@@H](C(=O)O)N2CCCCC2)cc1. The van der Waals surface area contributed by atoms with Crippen molar-refractivity contribution in [3.63, 3.8) is 0 Å². The molecule has 2 rings (SSSR count). The molecule has 1 aromatic carbocycles. The topological polar surface area (TPSA) is 95.9 Å². The van der Waals surface area contributed by atoms with E-state index in [0.29, 0.717) is 25.4 Å². The van der Waals surface area contributed by atoms with Crippen LogP contribution in [0, 0.1) is 0 Å². The van der Waals surface area contributed by atoms with Crippen LogP contribution in [0.3, 0.4) is 0 Å². The van der Waals surface area contributed by atoms with E-state index in [4.69, 9.17) is 4.74 Å². The first-order chi connectivity index (χ1) is 11.9. The van der Waals surface area contributed by atoms with Gasteiger partial charge in [-0.15, -0.1) is 0 Å². The molecule has 1 atom stereocenters. The van der Waals surface area contributed by atoms with E-state index in [9.17, 15) is 18.3 Å². The monoisotopic (exact) mass is 370 g/mol. The van der Waals surface area contributed by atoms with E-state index in [2.05, 4.69) is 4.72 Å². The van der Waals surface area contributed by atoms with Crippen LogP contribution in [0.2, 0.25) is 0 Å². The number of piperidine rings is 1. The van der Waals surface area contributed by atoms with Gasteiger partial charge in [0.25, 0.3) is 0 Å². The summed E-state index contributed by atoms with van der Waals surface area (Å²) < 4.78 is 32.7. The standard InChI is InChI=1S/C17H26N2O5S/c1-2-12-24-14-6-8-15(9-7-14)25(22,23)18-13-16(17(20)21)19-10-4-3-5-11-19/h6-9,16,18H,2-5,10-13H2,1H3,(H,20,21)/t16-/m0/s1. The Labute approximate surface area is 149 Å². The predicted octanol–water partition coefficient (Wildman–Crippen LogP) is 1.69. The first-order valence-corrected chi connectivity index (χ1v) is 10.1. The van der Waals surface area contributed by atoms with E-state index in [0.717, 1.165) is 25.7 Å². The summed E-state index contributed by atoms with van der Waals surface area (Å²) in [4.78, 5) is 13.4. The predicted molar refractivity (Wildman–Crippen MR) is 94.3 cm³/mol. The van der Waals surface area contributed by atoms with E-state index >= 15 is 0 Å². The van der Waals surface area contributed by atoms with Crippen LogP contribution in [0.5, 0.6) is 5.75 Å². The zero-order valence-electron chi connectivity index (χ0n) is 14.5. The van der Waals surface area contributed by atoms with Crippen molar-refractivity contribution >= 4 is 16.0 Å². The molecule has 1 fully saturated rings. The molecule has 0 spiro atoms. The van der Waals surface area contributed by atoms with Crippen molar-refractivity contribution in [2.75, 3.05) is 26.2 Å². The van der Waals surface area contributed by atoms with Crippen LogP contribution in [0.15, 0.2) is 29.2 Å². The highest BCUT2D eigenvalue weighted by Crippen LogP contribution is 2.17. The number of aliphatic carboxylic acids is 1. The highest BCUT2D eigenvalue weighted by molar-refractivity contribution is 7.89. The summed E-state index contributed by atoms with van der Waals surface area (Å²) in [7, 11) is -3.76. The van der Waals surface area contributed by atoms with Crippen LogP contribution >= 0.6 is 0 Å². The molecule has 1 heterocycles. The number of likely N-dealkylation sites (tertiary alicyclic amines) is 1. The minimum Gasteiger partial charge on any atom is -0.494 e. The maximum Gasteiger partial charge on any atom is 0.322 e. The van der Waals surface area contributed by atoms with Crippen LogP contribution in [-0.2, 0) is 14.8 Å². The van der Waals surface area contributed by atoms with Crippen LogP contribution in [0.1, 0.15) is 32.6 Å². The van der Waals surface area contributed by atoms with Gasteiger partial charge in [-0.25, -0.2) is 13.1 Å². The lowest BCUT2D eigenvalue weighted by Crippen LogP contribution is -2.50. The van der Waals surface area contributed by atoms with Crippen LogP contribution in [0.25, 0.3) is 0 Å². The summed E-state index contributed by atoms with van der Waals surface area (Å²) >= 11 is 0. The first kappa shape index (κ1) is 19.7. The molecule has 0 radical (unpaired) electrons. The quantitative estimate of drug-likeness (QED) is 0.687. The first-order valence-electron chi connectivity index (χ1n) is 8.63. The fraction of sp³-hybridized carbons (Fsp3) is 0.588. The second kappa shape index (κ2) is 9.17. The zero-order chi connectivity index (χ0) is 18.3. The number of sulfonamides is 1. The molecule has 140 valence electrons. The van der Waals surface area contributed by atoms with E-state index in [1.165, 1.54) is 12.1 Å².